The van der Waals surface area contributed by atoms with Gasteiger partial charge in [0.15, 0.2) is 0 Å². The molecule has 2 aromatic heterocycles. The van der Waals surface area contributed by atoms with Crippen molar-refractivity contribution < 1.29 is 9.52 Å². The molecule has 0 saturated heterocycles. The number of aliphatic hydroxyl groups excluding tert-OH is 1. The zero-order valence-electron chi connectivity index (χ0n) is 11.8. The molecular weight excluding hydrogens is 268 g/mol. The Labute approximate surface area is 123 Å². The molecular formula is C15H20N4O2. The molecule has 1 atom stereocenters. The highest BCUT2D eigenvalue weighted by Gasteiger charge is 2.21. The first-order valence-electron chi connectivity index (χ1n) is 7.32. The van der Waals surface area contributed by atoms with E-state index in [4.69, 9.17) is 4.42 Å². The lowest BCUT2D eigenvalue weighted by molar-refractivity contribution is 0.273. The molecule has 1 unspecified atom stereocenters. The molecule has 112 valence electrons. The van der Waals surface area contributed by atoms with E-state index in [2.05, 4.69) is 20.6 Å². The van der Waals surface area contributed by atoms with E-state index in [9.17, 15) is 5.11 Å². The molecule has 0 spiro atoms. The molecule has 3 rings (SSSR count). The largest absolute Gasteiger partial charge is 0.467 e. The maximum absolute atomic E-state index is 9.19. The van der Waals surface area contributed by atoms with Gasteiger partial charge in [-0.3, -0.25) is 0 Å². The quantitative estimate of drug-likeness (QED) is 0.692. The summed E-state index contributed by atoms with van der Waals surface area (Å²) in [6, 6.07) is 5.51. The Balaban J connectivity index is 1.65. The van der Waals surface area contributed by atoms with Crippen LogP contribution in [0, 0.1) is 5.92 Å². The first-order valence-corrected chi connectivity index (χ1v) is 7.32. The summed E-state index contributed by atoms with van der Waals surface area (Å²) in [5, 5.41) is 15.8. The Morgan fingerprint density at radius 1 is 1.33 bits per heavy atom. The van der Waals surface area contributed by atoms with Crippen molar-refractivity contribution in [3.05, 3.63) is 36.5 Å². The molecule has 1 aliphatic carbocycles. The van der Waals surface area contributed by atoms with Crippen LogP contribution in [0.5, 0.6) is 0 Å². The maximum atomic E-state index is 9.19. The molecule has 2 heterocycles. The molecule has 1 saturated carbocycles. The minimum atomic E-state index is -0.101. The molecule has 3 N–H and O–H groups in total. The van der Waals surface area contributed by atoms with E-state index in [-0.39, 0.29) is 12.6 Å². The van der Waals surface area contributed by atoms with Gasteiger partial charge in [-0.1, -0.05) is 0 Å². The summed E-state index contributed by atoms with van der Waals surface area (Å²) in [6.45, 7) is 1.05. The monoisotopic (exact) mass is 288 g/mol. The van der Waals surface area contributed by atoms with Gasteiger partial charge in [-0.2, -0.15) is 0 Å². The molecule has 1 fully saturated rings. The van der Waals surface area contributed by atoms with Crippen LogP contribution < -0.4 is 10.6 Å². The van der Waals surface area contributed by atoms with Crippen molar-refractivity contribution in [2.45, 2.75) is 25.3 Å². The van der Waals surface area contributed by atoms with Gasteiger partial charge in [0.1, 0.15) is 23.7 Å². The summed E-state index contributed by atoms with van der Waals surface area (Å²) in [6.07, 6.45) is 6.34. The third kappa shape index (κ3) is 3.95. The fourth-order valence-corrected chi connectivity index (χ4v) is 2.19. The van der Waals surface area contributed by atoms with Gasteiger partial charge >= 0.3 is 0 Å². The second-order valence-corrected chi connectivity index (χ2v) is 5.34. The second kappa shape index (κ2) is 6.58. The zero-order chi connectivity index (χ0) is 14.5. The van der Waals surface area contributed by atoms with Gasteiger partial charge in [0.05, 0.1) is 12.3 Å². The van der Waals surface area contributed by atoms with Crippen molar-refractivity contribution in [3.8, 4) is 0 Å². The number of anilines is 2. The first kappa shape index (κ1) is 13.9. The van der Waals surface area contributed by atoms with E-state index < -0.39 is 0 Å². The van der Waals surface area contributed by atoms with E-state index in [0.717, 1.165) is 29.9 Å². The molecule has 21 heavy (non-hydrogen) atoms. The maximum Gasteiger partial charge on any atom is 0.132 e. The van der Waals surface area contributed by atoms with E-state index in [1.54, 1.807) is 6.26 Å². The highest BCUT2D eigenvalue weighted by molar-refractivity contribution is 5.47. The summed E-state index contributed by atoms with van der Waals surface area (Å²) in [7, 11) is 0. The van der Waals surface area contributed by atoms with Gasteiger partial charge in [-0.15, -0.1) is 0 Å². The minimum Gasteiger partial charge on any atom is -0.467 e. The minimum absolute atomic E-state index is 0.0796. The molecule has 1 aliphatic rings. The highest BCUT2D eigenvalue weighted by Crippen LogP contribution is 2.29. The topological polar surface area (TPSA) is 83.2 Å². The average Bonchev–Trinajstić information content (AvgIpc) is 3.17. The van der Waals surface area contributed by atoms with Crippen LogP contribution >= 0.6 is 0 Å². The van der Waals surface area contributed by atoms with Crippen LogP contribution in [-0.2, 0) is 0 Å². The number of nitrogens with zero attached hydrogens (tertiary/aromatic N) is 2. The van der Waals surface area contributed by atoms with Gasteiger partial charge < -0.3 is 20.2 Å². The van der Waals surface area contributed by atoms with Crippen molar-refractivity contribution in [1.29, 1.82) is 0 Å². The number of furan rings is 1. The fourth-order valence-electron chi connectivity index (χ4n) is 2.19. The number of hydrogen-bond donors (Lipinski definition) is 3. The van der Waals surface area contributed by atoms with Crippen LogP contribution in [0.4, 0.5) is 11.6 Å². The Morgan fingerprint density at radius 3 is 2.90 bits per heavy atom. The van der Waals surface area contributed by atoms with Crippen molar-refractivity contribution >= 4 is 11.6 Å². The van der Waals surface area contributed by atoms with Crippen LogP contribution in [0.3, 0.4) is 0 Å². The van der Waals surface area contributed by atoms with Crippen LogP contribution in [0.1, 0.15) is 31.1 Å². The summed E-state index contributed by atoms with van der Waals surface area (Å²) in [4.78, 5) is 8.45. The summed E-state index contributed by atoms with van der Waals surface area (Å²) in [5.74, 6) is 3.12. The van der Waals surface area contributed by atoms with Crippen LogP contribution in [-0.4, -0.2) is 28.2 Å². The molecule has 6 heteroatoms. The van der Waals surface area contributed by atoms with Crippen molar-refractivity contribution in [3.63, 3.8) is 0 Å². The average molecular weight is 288 g/mol. The highest BCUT2D eigenvalue weighted by atomic mass is 16.3. The summed E-state index contributed by atoms with van der Waals surface area (Å²) < 4.78 is 5.41. The van der Waals surface area contributed by atoms with E-state index in [1.165, 1.54) is 19.2 Å². The van der Waals surface area contributed by atoms with Crippen LogP contribution in [0.2, 0.25) is 0 Å². The van der Waals surface area contributed by atoms with Crippen LogP contribution in [0.15, 0.2) is 35.2 Å². The zero-order valence-corrected chi connectivity index (χ0v) is 11.8. The second-order valence-electron chi connectivity index (χ2n) is 5.34. The predicted molar refractivity (Wildman–Crippen MR) is 80.0 cm³/mol. The van der Waals surface area contributed by atoms with Crippen LogP contribution in [0.25, 0.3) is 0 Å². The third-order valence-corrected chi connectivity index (χ3v) is 3.56. The lowest BCUT2D eigenvalue weighted by Crippen LogP contribution is -2.13. The van der Waals surface area contributed by atoms with Gasteiger partial charge in [0.2, 0.25) is 0 Å². The molecule has 0 aromatic carbocycles. The van der Waals surface area contributed by atoms with Gasteiger partial charge in [-0.25, -0.2) is 9.97 Å². The number of rotatable bonds is 8. The third-order valence-electron chi connectivity index (χ3n) is 3.56. The first-order chi connectivity index (χ1) is 10.3. The molecule has 0 aliphatic heterocycles. The molecule has 2 aromatic rings. The number of aliphatic hydroxyl groups is 1. The standard InChI is InChI=1S/C15H20N4O2/c20-6-5-12(13-2-1-7-21-13)19-15-8-14(17-10-18-15)16-9-11-3-4-11/h1-2,7-8,10-12,20H,3-6,9H2,(H2,16,17,18,19). The summed E-state index contributed by atoms with van der Waals surface area (Å²) in [5.41, 5.74) is 0. The van der Waals surface area contributed by atoms with E-state index >= 15 is 0 Å². The van der Waals surface area contributed by atoms with E-state index in [0.29, 0.717) is 6.42 Å². The molecule has 0 radical (unpaired) electrons. The SMILES string of the molecule is OCCC(Nc1cc(NCC2CC2)ncn1)c1ccco1. The van der Waals surface area contributed by atoms with Gasteiger partial charge in [0, 0.05) is 19.2 Å². The van der Waals surface area contributed by atoms with Crippen molar-refractivity contribution in [2.75, 3.05) is 23.8 Å². The van der Waals surface area contributed by atoms with Gasteiger partial charge in [-0.05, 0) is 37.3 Å². The normalized spacial score (nSPS) is 15.7. The van der Waals surface area contributed by atoms with E-state index in [1.807, 2.05) is 18.2 Å². The van der Waals surface area contributed by atoms with Gasteiger partial charge in [0.25, 0.3) is 0 Å². The Hall–Kier alpha value is -2.08. The Morgan fingerprint density at radius 2 is 2.19 bits per heavy atom. The fraction of sp³-hybridized carbons (Fsp3) is 0.467. The lowest BCUT2D eigenvalue weighted by Gasteiger charge is -2.16. The van der Waals surface area contributed by atoms with Crippen molar-refractivity contribution in [1.82, 2.24) is 9.97 Å². The number of nitrogens with one attached hydrogen (secondary N) is 2. The van der Waals surface area contributed by atoms with Crippen molar-refractivity contribution in [2.24, 2.45) is 5.92 Å². The summed E-state index contributed by atoms with van der Waals surface area (Å²) >= 11 is 0. The predicted octanol–water partition coefficient (Wildman–Crippen LogP) is 2.43. The molecule has 6 nitrogen and oxygen atoms in total. The molecule has 0 bridgehead atoms. The molecule has 0 amide bonds. The number of aromatic nitrogens is 2. The number of hydrogen-bond acceptors (Lipinski definition) is 6. The lowest BCUT2D eigenvalue weighted by atomic mass is 10.1. The Bertz CT molecular complexity index is 555. The smallest absolute Gasteiger partial charge is 0.132 e. The Kier molecular flexibility index (Phi) is 4.35.